The normalized spacial score (nSPS) is 11.3. The monoisotopic (exact) mass is 391 g/mol. The lowest BCUT2D eigenvalue weighted by Gasteiger charge is -2.23. The van der Waals surface area contributed by atoms with Gasteiger partial charge in [0, 0.05) is 27.2 Å². The Kier molecular flexibility index (Phi) is 5.61. The molecule has 0 saturated heterocycles. The number of aliphatic hydroxyl groups is 2. The number of hydrogen-bond acceptors (Lipinski definition) is 6. The zero-order valence-corrected chi connectivity index (χ0v) is 15.7. The average Bonchev–Trinajstić information content (AvgIpc) is 3.05. The third-order valence-corrected chi connectivity index (χ3v) is 4.60. The third kappa shape index (κ3) is 3.43. The number of nitrogens with zero attached hydrogens (tertiary/aromatic N) is 5. The summed E-state index contributed by atoms with van der Waals surface area (Å²) in [5.41, 5.74) is 0.125. The first-order valence-electron chi connectivity index (χ1n) is 8.76. The van der Waals surface area contributed by atoms with Crippen LogP contribution in [0.1, 0.15) is 5.56 Å². The summed E-state index contributed by atoms with van der Waals surface area (Å²) >= 11 is 0. The minimum absolute atomic E-state index is 0.182. The first kappa shape index (κ1) is 19.8. The van der Waals surface area contributed by atoms with Crippen molar-refractivity contribution in [2.75, 3.05) is 31.2 Å². The van der Waals surface area contributed by atoms with Crippen molar-refractivity contribution in [2.24, 2.45) is 14.1 Å². The maximum Gasteiger partial charge on any atom is 0.332 e. The molecule has 2 aromatic heterocycles. The fourth-order valence-electron chi connectivity index (χ4n) is 3.15. The lowest BCUT2D eigenvalue weighted by molar-refractivity contribution is 0.279. The van der Waals surface area contributed by atoms with E-state index < -0.39 is 11.2 Å². The van der Waals surface area contributed by atoms with Gasteiger partial charge in [0.15, 0.2) is 11.2 Å². The Bertz CT molecular complexity index is 1090. The second-order valence-corrected chi connectivity index (χ2v) is 6.44. The summed E-state index contributed by atoms with van der Waals surface area (Å²) in [6.45, 7) is 0.198. The van der Waals surface area contributed by atoms with Crippen LogP contribution in [0.2, 0.25) is 0 Å². The molecule has 0 spiro atoms. The van der Waals surface area contributed by atoms with Gasteiger partial charge in [0.1, 0.15) is 5.82 Å². The highest BCUT2D eigenvalue weighted by atomic mass is 19.1. The Morgan fingerprint density at radius 2 is 1.64 bits per heavy atom. The molecule has 0 aliphatic rings. The van der Waals surface area contributed by atoms with Crippen LogP contribution in [0.5, 0.6) is 0 Å². The minimum atomic E-state index is -0.508. The summed E-state index contributed by atoms with van der Waals surface area (Å²) in [7, 11) is 2.91. The number of aryl methyl sites for hydroxylation is 1. The lowest BCUT2D eigenvalue weighted by atomic mass is 10.2. The van der Waals surface area contributed by atoms with Gasteiger partial charge in [-0.1, -0.05) is 12.1 Å². The zero-order chi connectivity index (χ0) is 20.4. The van der Waals surface area contributed by atoms with Crippen molar-refractivity contribution in [2.45, 2.75) is 6.54 Å². The summed E-state index contributed by atoms with van der Waals surface area (Å²) in [6, 6.07) is 5.84. The molecule has 0 aliphatic heterocycles. The van der Waals surface area contributed by atoms with Crippen LogP contribution in [0.15, 0.2) is 33.9 Å². The van der Waals surface area contributed by atoms with Crippen LogP contribution >= 0.6 is 0 Å². The Balaban J connectivity index is 2.29. The largest absolute Gasteiger partial charge is 0.395 e. The van der Waals surface area contributed by atoms with E-state index in [9.17, 15) is 24.2 Å². The SMILES string of the molecule is Cn1c(=O)c2c(nc(N(CCO)CCO)n2Cc2ccc(F)cc2)n(C)c1=O. The number of aliphatic hydroxyl groups excluding tert-OH is 2. The maximum atomic E-state index is 13.3. The molecule has 0 atom stereocenters. The van der Waals surface area contributed by atoms with Gasteiger partial charge in [-0.05, 0) is 17.7 Å². The minimum Gasteiger partial charge on any atom is -0.395 e. The summed E-state index contributed by atoms with van der Waals surface area (Å²) < 4.78 is 17.2. The highest BCUT2D eigenvalue weighted by Gasteiger charge is 2.22. The second-order valence-electron chi connectivity index (χ2n) is 6.44. The quantitative estimate of drug-likeness (QED) is 0.558. The molecule has 9 nitrogen and oxygen atoms in total. The number of imidazole rings is 1. The first-order valence-corrected chi connectivity index (χ1v) is 8.76. The van der Waals surface area contributed by atoms with Crippen molar-refractivity contribution in [1.29, 1.82) is 0 Å². The molecule has 0 bridgehead atoms. The summed E-state index contributed by atoms with van der Waals surface area (Å²) in [5.74, 6) is -0.0410. The lowest BCUT2D eigenvalue weighted by Crippen LogP contribution is -2.37. The van der Waals surface area contributed by atoms with Gasteiger partial charge in [0.2, 0.25) is 5.95 Å². The molecule has 3 rings (SSSR count). The van der Waals surface area contributed by atoms with Crippen LogP contribution in [-0.2, 0) is 20.6 Å². The third-order valence-electron chi connectivity index (χ3n) is 4.60. The van der Waals surface area contributed by atoms with Crippen molar-refractivity contribution in [3.05, 3.63) is 56.5 Å². The molecular formula is C18H22FN5O4. The van der Waals surface area contributed by atoms with Crippen molar-refractivity contribution in [1.82, 2.24) is 18.7 Å². The molecule has 10 heteroatoms. The summed E-state index contributed by atoms with van der Waals surface area (Å²) in [4.78, 5) is 31.2. The van der Waals surface area contributed by atoms with Crippen molar-refractivity contribution >= 4 is 17.1 Å². The Hall–Kier alpha value is -2.98. The van der Waals surface area contributed by atoms with Crippen LogP contribution in [0, 0.1) is 5.82 Å². The highest BCUT2D eigenvalue weighted by Crippen LogP contribution is 2.21. The number of hydrogen-bond donors (Lipinski definition) is 2. The van der Waals surface area contributed by atoms with E-state index in [-0.39, 0.29) is 49.8 Å². The molecule has 0 amide bonds. The maximum absolute atomic E-state index is 13.3. The molecule has 0 aliphatic carbocycles. The summed E-state index contributed by atoms with van der Waals surface area (Å²) in [6.07, 6.45) is 0. The molecule has 150 valence electrons. The van der Waals surface area contributed by atoms with Gasteiger partial charge in [-0.15, -0.1) is 0 Å². The Labute approximate surface area is 159 Å². The highest BCUT2D eigenvalue weighted by molar-refractivity contribution is 5.74. The van der Waals surface area contributed by atoms with E-state index >= 15 is 0 Å². The number of aromatic nitrogens is 4. The molecule has 0 fully saturated rings. The number of benzene rings is 1. The van der Waals surface area contributed by atoms with Crippen LogP contribution in [0.3, 0.4) is 0 Å². The fourth-order valence-corrected chi connectivity index (χ4v) is 3.15. The molecule has 0 unspecified atom stereocenters. The van der Waals surface area contributed by atoms with Crippen LogP contribution in [0.4, 0.5) is 10.3 Å². The average molecular weight is 391 g/mol. The van der Waals surface area contributed by atoms with Crippen molar-refractivity contribution in [3.8, 4) is 0 Å². The van der Waals surface area contributed by atoms with Gasteiger partial charge in [0.25, 0.3) is 5.56 Å². The fraction of sp³-hybridized carbons (Fsp3) is 0.389. The predicted octanol–water partition coefficient (Wildman–Crippen LogP) is -0.588. The smallest absolute Gasteiger partial charge is 0.332 e. The van der Waals surface area contributed by atoms with Crippen LogP contribution < -0.4 is 16.1 Å². The number of fused-ring (bicyclic) bond motifs is 1. The Morgan fingerprint density at radius 3 is 2.21 bits per heavy atom. The van der Waals surface area contributed by atoms with E-state index in [1.165, 1.54) is 30.8 Å². The molecule has 28 heavy (non-hydrogen) atoms. The van der Waals surface area contributed by atoms with E-state index in [2.05, 4.69) is 4.98 Å². The van der Waals surface area contributed by atoms with Crippen molar-refractivity contribution < 1.29 is 14.6 Å². The number of anilines is 1. The van der Waals surface area contributed by atoms with Gasteiger partial charge in [-0.3, -0.25) is 18.5 Å². The molecule has 2 heterocycles. The number of halogens is 1. The van der Waals surface area contributed by atoms with E-state index in [0.717, 1.165) is 10.1 Å². The van der Waals surface area contributed by atoms with E-state index in [4.69, 9.17) is 0 Å². The van der Waals surface area contributed by atoms with E-state index in [1.807, 2.05) is 0 Å². The zero-order valence-electron chi connectivity index (χ0n) is 15.7. The van der Waals surface area contributed by atoms with Crippen LogP contribution in [-0.4, -0.2) is 55.2 Å². The summed E-state index contributed by atoms with van der Waals surface area (Å²) in [5, 5.41) is 18.8. The molecule has 0 radical (unpaired) electrons. The Morgan fingerprint density at radius 1 is 1.04 bits per heavy atom. The number of rotatable bonds is 7. The standard InChI is InChI=1S/C18H22FN5O4/c1-21-15-14(16(27)22(2)18(21)28)24(11-12-3-5-13(19)6-4-12)17(20-15)23(7-9-25)8-10-26/h3-6,25-26H,7-11H2,1-2H3. The van der Waals surface area contributed by atoms with Gasteiger partial charge in [-0.2, -0.15) is 4.98 Å². The van der Waals surface area contributed by atoms with Gasteiger partial charge >= 0.3 is 5.69 Å². The topological polar surface area (TPSA) is 106 Å². The van der Waals surface area contributed by atoms with Gasteiger partial charge in [0.05, 0.1) is 19.8 Å². The predicted molar refractivity (Wildman–Crippen MR) is 102 cm³/mol. The van der Waals surface area contributed by atoms with E-state index in [0.29, 0.717) is 5.95 Å². The van der Waals surface area contributed by atoms with Gasteiger partial charge in [-0.25, -0.2) is 9.18 Å². The molecule has 1 aromatic carbocycles. The van der Waals surface area contributed by atoms with Gasteiger partial charge < -0.3 is 15.1 Å². The van der Waals surface area contributed by atoms with Crippen molar-refractivity contribution in [3.63, 3.8) is 0 Å². The van der Waals surface area contributed by atoms with Crippen LogP contribution in [0.25, 0.3) is 11.2 Å². The second kappa shape index (κ2) is 7.95. The molecule has 2 N–H and O–H groups in total. The molecule has 0 saturated carbocycles. The first-order chi connectivity index (χ1) is 13.4. The molecular weight excluding hydrogens is 369 g/mol. The van der Waals surface area contributed by atoms with E-state index in [1.54, 1.807) is 21.6 Å². The molecule has 3 aromatic rings.